The third-order valence-electron chi connectivity index (χ3n) is 9.86. The van der Waals surface area contributed by atoms with E-state index in [0.29, 0.717) is 5.92 Å². The van der Waals surface area contributed by atoms with Crippen molar-refractivity contribution >= 4 is 45.1 Å². The number of benzene rings is 1. The molecule has 4 N–H and O–H groups in total. The highest BCUT2D eigenvalue weighted by atomic mass is 32.1. The Kier molecular flexibility index (Phi) is 6.19. The quantitative estimate of drug-likeness (QED) is 0.325. The van der Waals surface area contributed by atoms with Crippen LogP contribution in [0.3, 0.4) is 0 Å². The molecule has 0 radical (unpaired) electrons. The smallest absolute Gasteiger partial charge is 0.184 e. The number of thiazole rings is 1. The molecule has 6 rings (SSSR count). The molecule has 1 aromatic carbocycles. The Morgan fingerprint density at radius 1 is 1.14 bits per heavy atom. The van der Waals surface area contributed by atoms with Crippen molar-refractivity contribution in [2.24, 2.45) is 39.4 Å². The van der Waals surface area contributed by atoms with E-state index < -0.39 is 0 Å². The number of nitrogens with zero attached hydrogens (tertiary/aromatic N) is 2. The van der Waals surface area contributed by atoms with Crippen LogP contribution in [0.25, 0.3) is 5.57 Å². The molecule has 4 aliphatic rings. The van der Waals surface area contributed by atoms with Crippen LogP contribution in [0, 0.1) is 28.6 Å². The average Bonchev–Trinajstić information content (AvgIpc) is 3.43. The second-order valence-corrected chi connectivity index (χ2v) is 13.1. The van der Waals surface area contributed by atoms with E-state index in [1.54, 1.807) is 5.57 Å². The van der Waals surface area contributed by atoms with Gasteiger partial charge in [0, 0.05) is 17.7 Å². The van der Waals surface area contributed by atoms with Gasteiger partial charge < -0.3 is 11.1 Å². The molecule has 2 saturated carbocycles. The van der Waals surface area contributed by atoms with Gasteiger partial charge in [-0.25, -0.2) is 4.98 Å². The highest BCUT2D eigenvalue weighted by molar-refractivity contribution is 7.80. The lowest BCUT2D eigenvalue weighted by Gasteiger charge is -2.56. The third-order valence-corrected chi connectivity index (χ3v) is 11.0. The Morgan fingerprint density at radius 3 is 2.75 bits per heavy atom. The molecule has 5 atom stereocenters. The standard InChI is InChI=1S/C29H37N5S2/c1-28-16-13-23-25(36-27(32-23)31-17-14-18-6-4-3-5-7-18)22(28)9-8-19-20-10-11-24(33-34-26(30)35)29(20,2)15-12-21(19)28/h3-7,9,19-21H,8,10-17H2,1-2H3,(H,31,32)(H3,30,34,35)/b33-24+/t19-,20-,21-,28+,29-/m0/s1. The van der Waals surface area contributed by atoms with Crippen molar-refractivity contribution in [2.75, 3.05) is 11.9 Å². The molecule has 1 aromatic heterocycles. The minimum Gasteiger partial charge on any atom is -0.375 e. The molecule has 1 heterocycles. The van der Waals surface area contributed by atoms with Gasteiger partial charge in [0.05, 0.1) is 10.6 Å². The van der Waals surface area contributed by atoms with Crippen molar-refractivity contribution in [3.63, 3.8) is 0 Å². The van der Waals surface area contributed by atoms with Crippen LogP contribution in [-0.4, -0.2) is 22.4 Å². The second kappa shape index (κ2) is 9.25. The van der Waals surface area contributed by atoms with Gasteiger partial charge in [-0.3, -0.25) is 5.43 Å². The van der Waals surface area contributed by atoms with E-state index in [4.69, 9.17) is 22.9 Å². The number of anilines is 1. The first kappa shape index (κ1) is 24.1. The maximum Gasteiger partial charge on any atom is 0.184 e. The first-order valence-corrected chi connectivity index (χ1v) is 14.7. The Hall–Kier alpha value is -2.25. The third kappa shape index (κ3) is 3.99. The van der Waals surface area contributed by atoms with E-state index in [1.807, 2.05) is 11.3 Å². The highest BCUT2D eigenvalue weighted by Crippen LogP contribution is 2.65. The summed E-state index contributed by atoms with van der Waals surface area (Å²) in [5, 5.41) is 9.63. The van der Waals surface area contributed by atoms with Crippen LogP contribution in [0.5, 0.6) is 0 Å². The number of thiocarbonyl (C=S) groups is 1. The van der Waals surface area contributed by atoms with Gasteiger partial charge in [0.15, 0.2) is 10.2 Å². The minimum absolute atomic E-state index is 0.167. The molecule has 4 aliphatic carbocycles. The van der Waals surface area contributed by atoms with Crippen molar-refractivity contribution in [3.05, 3.63) is 52.5 Å². The molecule has 0 bridgehead atoms. The maximum atomic E-state index is 5.67. The van der Waals surface area contributed by atoms with E-state index in [2.05, 4.69) is 66.1 Å². The van der Waals surface area contributed by atoms with Gasteiger partial charge in [0.1, 0.15) is 0 Å². The van der Waals surface area contributed by atoms with Crippen LogP contribution < -0.4 is 16.5 Å². The summed E-state index contributed by atoms with van der Waals surface area (Å²) in [6, 6.07) is 10.7. The zero-order valence-corrected chi connectivity index (χ0v) is 23.0. The maximum absolute atomic E-state index is 5.67. The average molecular weight is 520 g/mol. The largest absolute Gasteiger partial charge is 0.375 e. The lowest BCUT2D eigenvalue weighted by Crippen LogP contribution is -2.49. The molecule has 2 aromatic rings. The normalized spacial score (nSPS) is 33.7. The van der Waals surface area contributed by atoms with Crippen LogP contribution in [0.15, 0.2) is 41.5 Å². The Bertz CT molecular complexity index is 1220. The number of fused-ring (bicyclic) bond motifs is 7. The summed E-state index contributed by atoms with van der Waals surface area (Å²) < 4.78 is 0. The lowest BCUT2D eigenvalue weighted by atomic mass is 9.48. The molecule has 0 amide bonds. The SMILES string of the molecule is C[C@]12CCc3nc(NCCc4ccccc4)sc3C1=CC[C@@H]1[C@@H]2CC[C@]2(C)/C(=N/NC(N)=S)CC[C@@H]12. The van der Waals surface area contributed by atoms with E-state index in [-0.39, 0.29) is 15.9 Å². The Balaban J connectivity index is 1.21. The van der Waals surface area contributed by atoms with Crippen LogP contribution in [-0.2, 0) is 12.8 Å². The summed E-state index contributed by atoms with van der Waals surface area (Å²) >= 11 is 6.89. The number of nitrogens with one attached hydrogen (secondary N) is 2. The molecule has 7 heteroatoms. The van der Waals surface area contributed by atoms with Gasteiger partial charge in [-0.15, -0.1) is 0 Å². The van der Waals surface area contributed by atoms with Crippen molar-refractivity contribution < 1.29 is 0 Å². The zero-order valence-electron chi connectivity index (χ0n) is 21.3. The molecule has 0 saturated heterocycles. The first-order valence-electron chi connectivity index (χ1n) is 13.5. The first-order chi connectivity index (χ1) is 17.4. The molecule has 190 valence electrons. The van der Waals surface area contributed by atoms with Gasteiger partial charge in [-0.1, -0.05) is 61.6 Å². The topological polar surface area (TPSA) is 75.3 Å². The molecule has 0 aliphatic heterocycles. The molecule has 36 heavy (non-hydrogen) atoms. The number of hydrogen-bond donors (Lipinski definition) is 3. The molecular formula is C29H37N5S2. The predicted octanol–water partition coefficient (Wildman–Crippen LogP) is 6.17. The number of rotatable bonds is 5. The fourth-order valence-corrected chi connectivity index (χ4v) is 9.27. The van der Waals surface area contributed by atoms with Crippen molar-refractivity contribution in [1.82, 2.24) is 10.4 Å². The summed E-state index contributed by atoms with van der Waals surface area (Å²) in [5.74, 6) is 2.16. The van der Waals surface area contributed by atoms with Gasteiger partial charge in [0.25, 0.3) is 0 Å². The minimum atomic E-state index is 0.167. The van der Waals surface area contributed by atoms with Crippen molar-refractivity contribution in [2.45, 2.75) is 65.2 Å². The molecular weight excluding hydrogens is 482 g/mol. The number of nitrogens with two attached hydrogens (primary N) is 1. The summed E-state index contributed by atoms with van der Waals surface area (Å²) in [6.07, 6.45) is 11.9. The van der Waals surface area contributed by atoms with E-state index in [0.717, 1.165) is 42.8 Å². The van der Waals surface area contributed by atoms with Crippen LogP contribution in [0.2, 0.25) is 0 Å². The zero-order chi connectivity index (χ0) is 24.9. The Labute approximate surface area is 224 Å². The summed E-state index contributed by atoms with van der Waals surface area (Å²) in [7, 11) is 0. The number of aromatic nitrogens is 1. The predicted molar refractivity (Wildman–Crippen MR) is 154 cm³/mol. The number of hydrogen-bond acceptors (Lipinski definition) is 5. The summed E-state index contributed by atoms with van der Waals surface area (Å²) in [6.45, 7) is 5.92. The van der Waals surface area contributed by atoms with Crippen LogP contribution in [0.1, 0.15) is 68.5 Å². The van der Waals surface area contributed by atoms with Gasteiger partial charge in [-0.2, -0.15) is 5.10 Å². The van der Waals surface area contributed by atoms with Crippen LogP contribution in [0.4, 0.5) is 5.13 Å². The number of hydrazone groups is 1. The Morgan fingerprint density at radius 2 is 1.94 bits per heavy atom. The summed E-state index contributed by atoms with van der Waals surface area (Å²) in [4.78, 5) is 6.49. The van der Waals surface area contributed by atoms with Gasteiger partial charge >= 0.3 is 0 Å². The van der Waals surface area contributed by atoms with Gasteiger partial charge in [-0.05, 0) is 97.9 Å². The number of aryl methyl sites for hydroxylation is 1. The second-order valence-electron chi connectivity index (χ2n) is 11.6. The summed E-state index contributed by atoms with van der Waals surface area (Å²) in [5.41, 5.74) is 14.5. The van der Waals surface area contributed by atoms with Gasteiger partial charge in [0.2, 0.25) is 0 Å². The van der Waals surface area contributed by atoms with Crippen molar-refractivity contribution in [1.29, 1.82) is 0 Å². The fourth-order valence-electron chi connectivity index (χ4n) is 8.00. The lowest BCUT2D eigenvalue weighted by molar-refractivity contribution is 0.0116. The number of allylic oxidation sites excluding steroid dienone is 2. The highest BCUT2D eigenvalue weighted by Gasteiger charge is 2.58. The van der Waals surface area contributed by atoms with E-state index in [9.17, 15) is 0 Å². The monoisotopic (exact) mass is 519 g/mol. The fraction of sp³-hybridized carbons (Fsp3) is 0.552. The molecule has 2 fully saturated rings. The van der Waals surface area contributed by atoms with E-state index in [1.165, 1.54) is 54.0 Å². The van der Waals surface area contributed by atoms with Crippen LogP contribution >= 0.6 is 23.6 Å². The van der Waals surface area contributed by atoms with E-state index >= 15 is 0 Å². The molecule has 0 spiro atoms. The van der Waals surface area contributed by atoms with Crippen molar-refractivity contribution in [3.8, 4) is 0 Å². The molecule has 5 nitrogen and oxygen atoms in total. The molecule has 0 unspecified atom stereocenters.